The quantitative estimate of drug-likeness (QED) is 0.555. The predicted molar refractivity (Wildman–Crippen MR) is 61.9 cm³/mol. The molecule has 0 atom stereocenters. The Labute approximate surface area is 103 Å². The minimum atomic E-state index is 0.181. The lowest BCUT2D eigenvalue weighted by atomic mass is 10.1. The fraction of sp³-hybridized carbons (Fsp3) is 0.250. The molecule has 0 fully saturated rings. The van der Waals surface area contributed by atoms with Crippen molar-refractivity contribution >= 4 is 18.2 Å². The van der Waals surface area contributed by atoms with Crippen LogP contribution in [0.2, 0.25) is 0 Å². The van der Waals surface area contributed by atoms with Gasteiger partial charge in [-0.05, 0) is 16.7 Å². The van der Waals surface area contributed by atoms with Crippen molar-refractivity contribution in [3.05, 3.63) is 34.9 Å². The Balaban J connectivity index is 3.04. The SMILES string of the molecule is O=C=NCc1cc(CN=C=O)cc(CN=C=O)c1. The molecule has 0 aliphatic carbocycles. The molecular weight excluding hydrogens is 234 g/mol. The Hall–Kier alpha value is -2.64. The fourth-order valence-corrected chi connectivity index (χ4v) is 1.48. The second-order valence-electron chi connectivity index (χ2n) is 3.38. The van der Waals surface area contributed by atoms with Crippen LogP contribution in [0, 0.1) is 0 Å². The maximum Gasteiger partial charge on any atom is 0.235 e. The normalized spacial score (nSPS) is 8.67. The van der Waals surface area contributed by atoms with Crippen molar-refractivity contribution in [3.8, 4) is 0 Å². The van der Waals surface area contributed by atoms with Gasteiger partial charge in [0, 0.05) is 0 Å². The van der Waals surface area contributed by atoms with Crippen LogP contribution in [0.4, 0.5) is 0 Å². The van der Waals surface area contributed by atoms with Crippen molar-refractivity contribution in [2.24, 2.45) is 15.0 Å². The first-order chi connectivity index (χ1) is 8.80. The maximum absolute atomic E-state index is 10.1. The smallest absolute Gasteiger partial charge is 0.211 e. The molecule has 18 heavy (non-hydrogen) atoms. The van der Waals surface area contributed by atoms with Crippen molar-refractivity contribution in [1.29, 1.82) is 0 Å². The number of isocyanates is 3. The molecule has 1 aromatic carbocycles. The summed E-state index contributed by atoms with van der Waals surface area (Å²) in [6.45, 7) is 0.542. The fourth-order valence-electron chi connectivity index (χ4n) is 1.48. The zero-order valence-corrected chi connectivity index (χ0v) is 9.42. The summed E-state index contributed by atoms with van der Waals surface area (Å²) < 4.78 is 0. The standard InChI is InChI=1S/C12H9N3O3/c16-7-13-4-10-1-11(5-14-8-17)3-12(2-10)6-15-9-18/h1-3H,4-6H2. The Kier molecular flexibility index (Phi) is 5.67. The summed E-state index contributed by atoms with van der Waals surface area (Å²) in [6.07, 6.45) is 4.33. The van der Waals surface area contributed by atoms with Crippen molar-refractivity contribution in [3.63, 3.8) is 0 Å². The van der Waals surface area contributed by atoms with E-state index in [1.54, 1.807) is 18.2 Å². The van der Waals surface area contributed by atoms with E-state index in [0.717, 1.165) is 16.7 Å². The number of aliphatic imine (C=N–C) groups is 3. The molecule has 0 amide bonds. The molecule has 90 valence electrons. The van der Waals surface area contributed by atoms with Crippen LogP contribution < -0.4 is 0 Å². The van der Waals surface area contributed by atoms with Gasteiger partial charge < -0.3 is 0 Å². The first kappa shape index (κ1) is 13.4. The van der Waals surface area contributed by atoms with Gasteiger partial charge in [-0.3, -0.25) is 0 Å². The van der Waals surface area contributed by atoms with Crippen molar-refractivity contribution < 1.29 is 14.4 Å². The lowest BCUT2D eigenvalue weighted by Crippen LogP contribution is -1.92. The van der Waals surface area contributed by atoms with Gasteiger partial charge in [-0.1, -0.05) is 18.2 Å². The molecule has 6 heteroatoms. The van der Waals surface area contributed by atoms with Crippen molar-refractivity contribution in [1.82, 2.24) is 0 Å². The van der Waals surface area contributed by atoms with E-state index in [0.29, 0.717) is 0 Å². The van der Waals surface area contributed by atoms with Gasteiger partial charge in [-0.15, -0.1) is 0 Å². The number of hydrogen-bond acceptors (Lipinski definition) is 6. The van der Waals surface area contributed by atoms with Gasteiger partial charge in [0.05, 0.1) is 19.6 Å². The van der Waals surface area contributed by atoms with E-state index >= 15 is 0 Å². The lowest BCUT2D eigenvalue weighted by Gasteiger charge is -2.04. The molecular formula is C12H9N3O3. The van der Waals surface area contributed by atoms with E-state index in [1.165, 1.54) is 18.2 Å². The summed E-state index contributed by atoms with van der Waals surface area (Å²) in [5.41, 5.74) is 2.27. The number of rotatable bonds is 6. The minimum Gasteiger partial charge on any atom is -0.211 e. The largest absolute Gasteiger partial charge is 0.235 e. The van der Waals surface area contributed by atoms with E-state index in [1.807, 2.05) is 0 Å². The molecule has 0 N–H and O–H groups in total. The molecule has 1 rings (SSSR count). The van der Waals surface area contributed by atoms with Gasteiger partial charge in [-0.2, -0.15) is 0 Å². The van der Waals surface area contributed by atoms with E-state index in [4.69, 9.17) is 0 Å². The highest BCUT2D eigenvalue weighted by Crippen LogP contribution is 2.13. The second kappa shape index (κ2) is 7.60. The summed E-state index contributed by atoms with van der Waals surface area (Å²) in [5.74, 6) is 0. The molecule has 0 saturated heterocycles. The molecule has 0 radical (unpaired) electrons. The monoisotopic (exact) mass is 243 g/mol. The second-order valence-corrected chi connectivity index (χ2v) is 3.38. The summed E-state index contributed by atoms with van der Waals surface area (Å²) in [5, 5.41) is 0. The number of benzene rings is 1. The molecule has 0 aromatic heterocycles. The van der Waals surface area contributed by atoms with Crippen LogP contribution in [0.15, 0.2) is 33.2 Å². The predicted octanol–water partition coefficient (Wildman–Crippen LogP) is 1.19. The highest BCUT2D eigenvalue weighted by molar-refractivity contribution is 5.38. The summed E-state index contributed by atoms with van der Waals surface area (Å²) in [7, 11) is 0. The lowest BCUT2D eigenvalue weighted by molar-refractivity contribution is 0.562. The molecule has 0 saturated carbocycles. The molecule has 6 nitrogen and oxygen atoms in total. The van der Waals surface area contributed by atoms with Crippen LogP contribution in [0.3, 0.4) is 0 Å². The van der Waals surface area contributed by atoms with Crippen LogP contribution in [0.5, 0.6) is 0 Å². The third-order valence-corrected chi connectivity index (χ3v) is 2.09. The van der Waals surface area contributed by atoms with Gasteiger partial charge in [0.2, 0.25) is 18.2 Å². The van der Waals surface area contributed by atoms with Gasteiger partial charge in [0.25, 0.3) is 0 Å². The number of hydrogen-bond donors (Lipinski definition) is 0. The molecule has 0 bridgehead atoms. The van der Waals surface area contributed by atoms with Gasteiger partial charge in [0.15, 0.2) is 0 Å². The van der Waals surface area contributed by atoms with Crippen LogP contribution in [0.25, 0.3) is 0 Å². The third kappa shape index (κ3) is 4.47. The van der Waals surface area contributed by atoms with Gasteiger partial charge in [0.1, 0.15) is 0 Å². The summed E-state index contributed by atoms with van der Waals surface area (Å²) in [6, 6.07) is 5.28. The van der Waals surface area contributed by atoms with Crippen LogP contribution in [0.1, 0.15) is 16.7 Å². The number of carbonyl (C=O) groups excluding carboxylic acids is 3. The molecule has 0 aliphatic heterocycles. The van der Waals surface area contributed by atoms with E-state index in [2.05, 4.69) is 15.0 Å². The first-order valence-electron chi connectivity index (χ1n) is 5.02. The van der Waals surface area contributed by atoms with Crippen LogP contribution in [-0.2, 0) is 34.0 Å². The maximum atomic E-state index is 10.1. The average molecular weight is 243 g/mol. The molecule has 0 heterocycles. The first-order valence-corrected chi connectivity index (χ1v) is 5.02. The summed E-state index contributed by atoms with van der Waals surface area (Å²) in [4.78, 5) is 40.6. The highest BCUT2D eigenvalue weighted by atomic mass is 16.1. The van der Waals surface area contributed by atoms with Crippen molar-refractivity contribution in [2.75, 3.05) is 0 Å². The highest BCUT2D eigenvalue weighted by Gasteiger charge is 2.01. The van der Waals surface area contributed by atoms with Gasteiger partial charge in [-0.25, -0.2) is 29.4 Å². The third-order valence-electron chi connectivity index (χ3n) is 2.09. The Bertz CT molecular complexity index is 471. The van der Waals surface area contributed by atoms with E-state index < -0.39 is 0 Å². The van der Waals surface area contributed by atoms with Crippen LogP contribution >= 0.6 is 0 Å². The minimum absolute atomic E-state index is 0.181. The Morgan fingerprint density at radius 2 is 0.944 bits per heavy atom. The van der Waals surface area contributed by atoms with Gasteiger partial charge >= 0.3 is 0 Å². The topological polar surface area (TPSA) is 88.3 Å². The van der Waals surface area contributed by atoms with E-state index in [9.17, 15) is 14.4 Å². The Morgan fingerprint density at radius 3 is 1.17 bits per heavy atom. The molecule has 0 unspecified atom stereocenters. The van der Waals surface area contributed by atoms with E-state index in [-0.39, 0.29) is 19.6 Å². The zero-order valence-electron chi connectivity index (χ0n) is 9.42. The average Bonchev–Trinajstić information content (AvgIpc) is 2.40. The molecule has 1 aromatic rings. The Morgan fingerprint density at radius 1 is 0.667 bits per heavy atom. The number of nitrogens with zero attached hydrogens (tertiary/aromatic N) is 3. The van der Waals surface area contributed by atoms with Crippen molar-refractivity contribution in [2.45, 2.75) is 19.6 Å². The summed E-state index contributed by atoms with van der Waals surface area (Å²) >= 11 is 0. The molecule has 0 spiro atoms. The molecule has 0 aliphatic rings. The van der Waals surface area contributed by atoms with Crippen LogP contribution in [-0.4, -0.2) is 18.2 Å². The zero-order chi connectivity index (χ0) is 13.2.